The quantitative estimate of drug-likeness (QED) is 0.750. The highest BCUT2D eigenvalue weighted by molar-refractivity contribution is 5.94. The summed E-state index contributed by atoms with van der Waals surface area (Å²) in [5, 5.41) is 10.3. The number of aliphatic hydroxyl groups is 1. The summed E-state index contributed by atoms with van der Waals surface area (Å²) in [5.74, 6) is -0.219. The summed E-state index contributed by atoms with van der Waals surface area (Å²) in [7, 11) is 0. The summed E-state index contributed by atoms with van der Waals surface area (Å²) >= 11 is 0. The molecule has 0 saturated carbocycles. The molecule has 0 radical (unpaired) electrons. The van der Waals surface area contributed by atoms with E-state index in [0.29, 0.717) is 17.8 Å². The van der Waals surface area contributed by atoms with Gasteiger partial charge in [0.05, 0.1) is 0 Å². The number of hydrogen-bond acceptors (Lipinski definition) is 5. The number of carbonyl (C=O) groups excluding carboxylic acids is 2. The molecule has 0 aromatic carbocycles. The van der Waals surface area contributed by atoms with Crippen LogP contribution in [0.15, 0.2) is 34.6 Å². The van der Waals surface area contributed by atoms with Gasteiger partial charge in [-0.15, -0.1) is 0 Å². The van der Waals surface area contributed by atoms with E-state index in [1.165, 1.54) is 6.92 Å². The van der Waals surface area contributed by atoms with Crippen LogP contribution in [0.1, 0.15) is 34.1 Å². The molecular formula is C17H20O5. The minimum Gasteiger partial charge on any atom is -0.459 e. The molecule has 1 aliphatic heterocycles. The van der Waals surface area contributed by atoms with E-state index in [4.69, 9.17) is 9.47 Å². The van der Waals surface area contributed by atoms with Crippen LogP contribution < -0.4 is 0 Å². The fraction of sp³-hybridized carbons (Fsp3) is 0.529. The maximum Gasteiger partial charge on any atom is 0.339 e. The number of esters is 2. The van der Waals surface area contributed by atoms with Crippen molar-refractivity contribution < 1.29 is 24.2 Å². The van der Waals surface area contributed by atoms with Gasteiger partial charge in [0.15, 0.2) is 0 Å². The Labute approximate surface area is 129 Å². The minimum absolute atomic E-state index is 0.0831. The van der Waals surface area contributed by atoms with Gasteiger partial charge >= 0.3 is 11.9 Å². The number of carbonyl (C=O) groups is 2. The molecule has 5 nitrogen and oxygen atoms in total. The Morgan fingerprint density at radius 1 is 1.50 bits per heavy atom. The third-order valence-electron chi connectivity index (χ3n) is 5.24. The van der Waals surface area contributed by atoms with Gasteiger partial charge in [0.2, 0.25) is 0 Å². The van der Waals surface area contributed by atoms with Crippen molar-refractivity contribution >= 4 is 11.9 Å². The van der Waals surface area contributed by atoms with Crippen molar-refractivity contribution in [3.8, 4) is 0 Å². The number of fused-ring (bicyclic) bond motifs is 2. The van der Waals surface area contributed by atoms with E-state index in [2.05, 4.69) is 6.92 Å². The smallest absolute Gasteiger partial charge is 0.339 e. The highest BCUT2D eigenvalue weighted by Crippen LogP contribution is 2.53. The summed E-state index contributed by atoms with van der Waals surface area (Å²) in [6.07, 6.45) is 2.73. The molecule has 3 aliphatic rings. The van der Waals surface area contributed by atoms with Crippen molar-refractivity contribution in [2.75, 3.05) is 0 Å². The van der Waals surface area contributed by atoms with Crippen LogP contribution in [-0.4, -0.2) is 29.3 Å². The minimum atomic E-state index is -0.859. The van der Waals surface area contributed by atoms with Gasteiger partial charge in [-0.1, -0.05) is 13.8 Å². The Balaban J connectivity index is 2.06. The third-order valence-corrected chi connectivity index (χ3v) is 5.24. The normalized spacial score (nSPS) is 37.0. The lowest BCUT2D eigenvalue weighted by molar-refractivity contribution is -0.158. The van der Waals surface area contributed by atoms with Gasteiger partial charge in [-0.05, 0) is 31.1 Å². The Bertz CT molecular complexity index is 654. The number of ether oxygens (including phenoxy) is 2. The summed E-state index contributed by atoms with van der Waals surface area (Å²) in [4.78, 5) is 23.1. The van der Waals surface area contributed by atoms with E-state index in [1.54, 1.807) is 13.0 Å². The van der Waals surface area contributed by atoms with Gasteiger partial charge < -0.3 is 14.6 Å². The topological polar surface area (TPSA) is 72.8 Å². The summed E-state index contributed by atoms with van der Waals surface area (Å²) < 4.78 is 10.6. The molecule has 1 N–H and O–H groups in total. The first-order valence-corrected chi connectivity index (χ1v) is 7.45. The molecule has 5 heteroatoms. The second-order valence-electron chi connectivity index (χ2n) is 6.57. The van der Waals surface area contributed by atoms with Crippen molar-refractivity contribution in [3.05, 3.63) is 34.6 Å². The van der Waals surface area contributed by atoms with Crippen molar-refractivity contribution in [1.82, 2.24) is 0 Å². The highest BCUT2D eigenvalue weighted by atomic mass is 16.6. The molecule has 4 unspecified atom stereocenters. The molecule has 3 rings (SSSR count). The van der Waals surface area contributed by atoms with Gasteiger partial charge in [0.25, 0.3) is 0 Å². The van der Waals surface area contributed by atoms with E-state index >= 15 is 0 Å². The second kappa shape index (κ2) is 4.81. The van der Waals surface area contributed by atoms with E-state index in [1.807, 2.05) is 13.0 Å². The molecule has 118 valence electrons. The number of hydrogen-bond donors (Lipinski definition) is 1. The number of rotatable bonds is 1. The van der Waals surface area contributed by atoms with Crippen LogP contribution >= 0.6 is 0 Å². The van der Waals surface area contributed by atoms with Gasteiger partial charge in [0, 0.05) is 29.4 Å². The van der Waals surface area contributed by atoms with Crippen LogP contribution in [0.2, 0.25) is 0 Å². The van der Waals surface area contributed by atoms with Crippen molar-refractivity contribution in [2.24, 2.45) is 11.3 Å². The molecule has 4 atom stereocenters. The molecule has 0 amide bonds. The van der Waals surface area contributed by atoms with Crippen LogP contribution in [0.25, 0.3) is 0 Å². The summed E-state index contributed by atoms with van der Waals surface area (Å²) in [6, 6.07) is 0. The molecule has 1 heterocycles. The standard InChI is InChI=1S/C17H20O5/c1-8-12-7-17(4)9(2)15(21-10(3)18)13(19)5-11(17)6-14(12)22-16(8)20/h5-6,9,13,15,19H,7H2,1-4H3. The SMILES string of the molecule is CC(=O)OC1C(O)C=C2C=C3OC(=O)C(C)=C3CC2(C)C1C. The van der Waals surface area contributed by atoms with Crippen LogP contribution in [0.4, 0.5) is 0 Å². The lowest BCUT2D eigenvalue weighted by Gasteiger charge is -2.47. The molecule has 2 aliphatic carbocycles. The molecule has 0 aromatic heterocycles. The van der Waals surface area contributed by atoms with Crippen molar-refractivity contribution in [2.45, 2.75) is 46.3 Å². The van der Waals surface area contributed by atoms with Crippen molar-refractivity contribution in [3.63, 3.8) is 0 Å². The van der Waals surface area contributed by atoms with Gasteiger partial charge in [-0.25, -0.2) is 4.79 Å². The average molecular weight is 304 g/mol. The fourth-order valence-corrected chi connectivity index (χ4v) is 3.62. The van der Waals surface area contributed by atoms with E-state index in [9.17, 15) is 14.7 Å². The fourth-order valence-electron chi connectivity index (χ4n) is 3.62. The number of allylic oxidation sites excluding steroid dienone is 3. The Morgan fingerprint density at radius 3 is 2.82 bits per heavy atom. The Hall–Kier alpha value is -1.88. The zero-order valence-electron chi connectivity index (χ0n) is 13.2. The average Bonchev–Trinajstić information content (AvgIpc) is 2.69. The predicted molar refractivity (Wildman–Crippen MR) is 78.4 cm³/mol. The predicted octanol–water partition coefficient (Wildman–Crippen LogP) is 2.02. The van der Waals surface area contributed by atoms with Crippen molar-refractivity contribution in [1.29, 1.82) is 0 Å². The largest absolute Gasteiger partial charge is 0.459 e. The van der Waals surface area contributed by atoms with Crippen LogP contribution in [0, 0.1) is 11.3 Å². The number of aliphatic hydroxyl groups excluding tert-OH is 1. The molecule has 0 spiro atoms. The van der Waals surface area contributed by atoms with Crippen LogP contribution in [0.3, 0.4) is 0 Å². The van der Waals surface area contributed by atoms with Crippen LogP contribution in [-0.2, 0) is 19.1 Å². The lowest BCUT2D eigenvalue weighted by atomic mass is 9.60. The maximum atomic E-state index is 11.7. The lowest BCUT2D eigenvalue weighted by Crippen LogP contribution is -2.48. The monoisotopic (exact) mass is 304 g/mol. The summed E-state index contributed by atoms with van der Waals surface area (Å²) in [5.41, 5.74) is 2.16. The van der Waals surface area contributed by atoms with E-state index in [-0.39, 0.29) is 17.3 Å². The zero-order valence-corrected chi connectivity index (χ0v) is 13.2. The molecular weight excluding hydrogens is 284 g/mol. The molecule has 0 saturated heterocycles. The molecule has 0 aromatic rings. The molecule has 22 heavy (non-hydrogen) atoms. The first kappa shape index (κ1) is 15.0. The highest BCUT2D eigenvalue weighted by Gasteiger charge is 2.50. The maximum absolute atomic E-state index is 11.7. The Kier molecular flexibility index (Phi) is 3.29. The molecule has 0 fully saturated rings. The Morgan fingerprint density at radius 2 is 2.18 bits per heavy atom. The van der Waals surface area contributed by atoms with E-state index < -0.39 is 18.2 Å². The van der Waals surface area contributed by atoms with Gasteiger partial charge in [-0.3, -0.25) is 4.79 Å². The van der Waals surface area contributed by atoms with E-state index in [0.717, 1.165) is 11.1 Å². The molecule has 0 bridgehead atoms. The first-order chi connectivity index (χ1) is 10.2. The first-order valence-electron chi connectivity index (χ1n) is 7.45. The van der Waals surface area contributed by atoms with Gasteiger partial charge in [-0.2, -0.15) is 0 Å². The zero-order chi connectivity index (χ0) is 16.2. The summed E-state index contributed by atoms with van der Waals surface area (Å²) in [6.45, 7) is 7.15. The second-order valence-corrected chi connectivity index (χ2v) is 6.57. The van der Waals surface area contributed by atoms with Crippen LogP contribution in [0.5, 0.6) is 0 Å². The third kappa shape index (κ3) is 2.03. The van der Waals surface area contributed by atoms with Gasteiger partial charge in [0.1, 0.15) is 18.0 Å².